The van der Waals surface area contributed by atoms with Crippen LogP contribution in [0.1, 0.15) is 20.8 Å². The summed E-state index contributed by atoms with van der Waals surface area (Å²) in [6, 6.07) is 3.26. The van der Waals surface area contributed by atoms with Crippen molar-refractivity contribution in [3.8, 4) is 0 Å². The van der Waals surface area contributed by atoms with Crippen LogP contribution in [-0.2, 0) is 9.84 Å². The van der Waals surface area contributed by atoms with Gasteiger partial charge in [0.25, 0.3) is 0 Å². The van der Waals surface area contributed by atoms with E-state index in [4.69, 9.17) is 11.6 Å². The lowest BCUT2D eigenvalue weighted by molar-refractivity contribution is 0.302. The second-order valence-electron chi connectivity index (χ2n) is 5.56. The normalized spacial score (nSPS) is 14.4. The average molecular weight is 308 g/mol. The van der Waals surface area contributed by atoms with Gasteiger partial charge in [0.15, 0.2) is 9.84 Å². The van der Waals surface area contributed by atoms with E-state index in [-0.39, 0.29) is 27.1 Å². The van der Waals surface area contributed by atoms with E-state index in [2.05, 4.69) is 5.32 Å². The summed E-state index contributed by atoms with van der Waals surface area (Å²) < 4.78 is 37.6. The molecule has 1 rings (SSSR count). The van der Waals surface area contributed by atoms with E-state index in [1.165, 1.54) is 6.07 Å². The predicted octanol–water partition coefficient (Wildman–Crippen LogP) is 2.89. The maximum atomic E-state index is 13.1. The molecule has 6 heteroatoms. The summed E-state index contributed by atoms with van der Waals surface area (Å²) in [7, 11) is -1.78. The highest BCUT2D eigenvalue weighted by Crippen LogP contribution is 2.25. The maximum absolute atomic E-state index is 13.1. The van der Waals surface area contributed by atoms with E-state index in [0.717, 1.165) is 12.1 Å². The Kier molecular flexibility index (Phi) is 4.98. The van der Waals surface area contributed by atoms with Crippen LogP contribution in [0.5, 0.6) is 0 Å². The van der Waals surface area contributed by atoms with Crippen molar-refractivity contribution in [3.05, 3.63) is 29.0 Å². The van der Waals surface area contributed by atoms with E-state index < -0.39 is 15.7 Å². The number of hydrogen-bond donors (Lipinski definition) is 1. The summed E-state index contributed by atoms with van der Waals surface area (Å²) in [4.78, 5) is 0.0448. The Hall–Kier alpha value is -0.650. The van der Waals surface area contributed by atoms with Crippen molar-refractivity contribution < 1.29 is 12.8 Å². The second-order valence-corrected chi connectivity index (χ2v) is 8.01. The lowest BCUT2D eigenvalue weighted by atomic mass is 9.88. The van der Waals surface area contributed by atoms with Gasteiger partial charge in [-0.15, -0.1) is 0 Å². The molecule has 0 amide bonds. The average Bonchev–Trinajstić information content (AvgIpc) is 2.28. The highest BCUT2D eigenvalue weighted by Gasteiger charge is 2.29. The first-order valence-electron chi connectivity index (χ1n) is 5.93. The smallest absolute Gasteiger partial charge is 0.179 e. The molecule has 1 atom stereocenters. The first-order chi connectivity index (χ1) is 8.58. The Morgan fingerprint density at radius 2 is 1.95 bits per heavy atom. The van der Waals surface area contributed by atoms with Crippen molar-refractivity contribution in [3.63, 3.8) is 0 Å². The molecule has 0 saturated carbocycles. The van der Waals surface area contributed by atoms with Gasteiger partial charge in [-0.25, -0.2) is 12.8 Å². The minimum atomic E-state index is -3.51. The SMILES string of the molecule is CNC(CS(=O)(=O)c1ccc(F)c(Cl)c1)C(C)(C)C. The van der Waals surface area contributed by atoms with Crippen LogP contribution in [0, 0.1) is 11.2 Å². The molecule has 0 heterocycles. The van der Waals surface area contributed by atoms with Crippen molar-refractivity contribution >= 4 is 21.4 Å². The summed E-state index contributed by atoms with van der Waals surface area (Å²) in [5, 5.41) is 2.83. The largest absolute Gasteiger partial charge is 0.315 e. The van der Waals surface area contributed by atoms with Gasteiger partial charge in [-0.05, 0) is 30.7 Å². The molecular weight excluding hydrogens is 289 g/mol. The third kappa shape index (κ3) is 4.16. The molecule has 19 heavy (non-hydrogen) atoms. The van der Waals surface area contributed by atoms with Crippen LogP contribution in [0.4, 0.5) is 4.39 Å². The monoisotopic (exact) mass is 307 g/mol. The zero-order valence-corrected chi connectivity index (χ0v) is 13.1. The van der Waals surface area contributed by atoms with Crippen LogP contribution in [-0.4, -0.2) is 27.3 Å². The standard InChI is InChI=1S/C13H19ClFNO2S/c1-13(2,3)12(16-4)8-19(17,18)9-5-6-11(15)10(14)7-9/h5-7,12,16H,8H2,1-4H3. The van der Waals surface area contributed by atoms with Gasteiger partial charge in [0, 0.05) is 6.04 Å². The molecular formula is C13H19ClFNO2S. The van der Waals surface area contributed by atoms with Crippen molar-refractivity contribution in [1.29, 1.82) is 0 Å². The highest BCUT2D eigenvalue weighted by atomic mass is 35.5. The van der Waals surface area contributed by atoms with Crippen molar-refractivity contribution in [1.82, 2.24) is 5.32 Å². The molecule has 108 valence electrons. The van der Waals surface area contributed by atoms with Gasteiger partial charge < -0.3 is 5.32 Å². The Labute approximate surface area is 119 Å². The number of halogens is 2. The molecule has 0 aromatic heterocycles. The summed E-state index contributed by atoms with van der Waals surface area (Å²) in [5.74, 6) is -0.684. The third-order valence-electron chi connectivity index (χ3n) is 3.03. The zero-order valence-electron chi connectivity index (χ0n) is 11.5. The van der Waals surface area contributed by atoms with Gasteiger partial charge >= 0.3 is 0 Å². The van der Waals surface area contributed by atoms with Gasteiger partial charge in [0.1, 0.15) is 5.82 Å². The fourth-order valence-corrected chi connectivity index (χ4v) is 3.87. The lowest BCUT2D eigenvalue weighted by Gasteiger charge is -2.30. The highest BCUT2D eigenvalue weighted by molar-refractivity contribution is 7.91. The van der Waals surface area contributed by atoms with Crippen molar-refractivity contribution in [2.24, 2.45) is 5.41 Å². The summed E-state index contributed by atoms with van der Waals surface area (Å²) in [6.45, 7) is 5.88. The van der Waals surface area contributed by atoms with Crippen LogP contribution in [0.2, 0.25) is 5.02 Å². The van der Waals surface area contributed by atoms with Crippen molar-refractivity contribution in [2.75, 3.05) is 12.8 Å². The van der Waals surface area contributed by atoms with E-state index >= 15 is 0 Å². The van der Waals surface area contributed by atoms with Crippen LogP contribution < -0.4 is 5.32 Å². The Morgan fingerprint density at radius 3 is 2.37 bits per heavy atom. The third-order valence-corrected chi connectivity index (χ3v) is 5.06. The van der Waals surface area contributed by atoms with Crippen LogP contribution in [0.3, 0.4) is 0 Å². The second kappa shape index (κ2) is 5.77. The summed E-state index contributed by atoms with van der Waals surface area (Å²) in [6.07, 6.45) is 0. The first kappa shape index (κ1) is 16.4. The number of benzene rings is 1. The number of hydrogen-bond acceptors (Lipinski definition) is 3. The van der Waals surface area contributed by atoms with E-state index in [1.807, 2.05) is 20.8 Å². The topological polar surface area (TPSA) is 46.2 Å². The van der Waals surface area contributed by atoms with E-state index in [0.29, 0.717) is 0 Å². The minimum Gasteiger partial charge on any atom is -0.315 e. The number of rotatable bonds is 4. The predicted molar refractivity (Wildman–Crippen MR) is 75.8 cm³/mol. The molecule has 0 radical (unpaired) electrons. The van der Waals surface area contributed by atoms with Crippen LogP contribution in [0.25, 0.3) is 0 Å². The van der Waals surface area contributed by atoms with Gasteiger partial charge in [0.05, 0.1) is 15.7 Å². The molecule has 1 N–H and O–H groups in total. The Morgan fingerprint density at radius 1 is 1.37 bits per heavy atom. The van der Waals surface area contributed by atoms with Crippen molar-refractivity contribution in [2.45, 2.75) is 31.7 Å². The molecule has 0 aliphatic carbocycles. The van der Waals surface area contributed by atoms with E-state index in [1.54, 1.807) is 7.05 Å². The molecule has 1 unspecified atom stereocenters. The molecule has 0 fully saturated rings. The lowest BCUT2D eigenvalue weighted by Crippen LogP contribution is -2.43. The first-order valence-corrected chi connectivity index (χ1v) is 7.96. The molecule has 1 aromatic rings. The molecule has 0 aliphatic heterocycles. The van der Waals surface area contributed by atoms with E-state index in [9.17, 15) is 12.8 Å². The van der Waals surface area contributed by atoms with Gasteiger partial charge in [-0.2, -0.15) is 0 Å². The molecule has 1 aromatic carbocycles. The van der Waals surface area contributed by atoms with Gasteiger partial charge in [0.2, 0.25) is 0 Å². The molecule has 0 spiro atoms. The molecule has 0 aliphatic rings. The minimum absolute atomic E-state index is 0.0448. The summed E-state index contributed by atoms with van der Waals surface area (Å²) in [5.41, 5.74) is -0.203. The Bertz CT molecular complexity index is 552. The quantitative estimate of drug-likeness (QED) is 0.870. The van der Waals surface area contributed by atoms with Gasteiger partial charge in [-0.1, -0.05) is 32.4 Å². The number of sulfone groups is 1. The molecule has 3 nitrogen and oxygen atoms in total. The Balaban J connectivity index is 3.07. The van der Waals surface area contributed by atoms with Crippen LogP contribution >= 0.6 is 11.6 Å². The summed E-state index contributed by atoms with van der Waals surface area (Å²) >= 11 is 5.63. The molecule has 0 saturated heterocycles. The van der Waals surface area contributed by atoms with Crippen LogP contribution in [0.15, 0.2) is 23.1 Å². The fraction of sp³-hybridized carbons (Fsp3) is 0.538. The van der Waals surface area contributed by atoms with Gasteiger partial charge in [-0.3, -0.25) is 0 Å². The number of nitrogens with one attached hydrogen (secondary N) is 1. The zero-order chi connectivity index (χ0) is 14.8. The molecule has 0 bridgehead atoms. The maximum Gasteiger partial charge on any atom is 0.179 e. The fourth-order valence-electron chi connectivity index (χ4n) is 1.75.